The highest BCUT2D eigenvalue weighted by atomic mass is 32.2. The van der Waals surface area contributed by atoms with Crippen LogP contribution < -0.4 is 31.9 Å². The number of ether oxygens (including phenoxy) is 8. The Kier molecular flexibility index (Phi) is 37.8. The molecule has 0 aromatic heterocycles. The second kappa shape index (κ2) is 41.9. The molecule has 3 unspecified atom stereocenters. The van der Waals surface area contributed by atoms with Crippen LogP contribution in [0.4, 0.5) is 4.79 Å². The van der Waals surface area contributed by atoms with Crippen molar-refractivity contribution >= 4 is 54.1 Å². The summed E-state index contributed by atoms with van der Waals surface area (Å²) in [6.07, 6.45) is 9.58. The number of hydrogen-bond donors (Lipinski definition) is 7. The summed E-state index contributed by atoms with van der Waals surface area (Å²) >= 11 is 5.94. The zero-order valence-corrected chi connectivity index (χ0v) is 39.9. The van der Waals surface area contributed by atoms with E-state index >= 15 is 0 Å². The molecule has 0 spiro atoms. The lowest BCUT2D eigenvalue weighted by Gasteiger charge is -2.16. The van der Waals surface area contributed by atoms with Crippen LogP contribution in [-0.2, 0) is 57.1 Å². The van der Waals surface area contributed by atoms with Gasteiger partial charge in [-0.25, -0.2) is 4.79 Å². The molecule has 0 radical (unpaired) electrons. The van der Waals surface area contributed by atoms with Crippen molar-refractivity contribution in [2.45, 2.75) is 101 Å². The summed E-state index contributed by atoms with van der Waals surface area (Å²) in [6, 6.07) is 0.387. The summed E-state index contributed by atoms with van der Waals surface area (Å²) in [4.78, 5) is 59.3. The highest BCUT2D eigenvalue weighted by Crippen LogP contribution is 2.33. The molecule has 0 saturated carbocycles. The summed E-state index contributed by atoms with van der Waals surface area (Å²) in [5, 5.41) is 17.9. The molecular formula is C43H80N6O13S2. The Morgan fingerprint density at radius 3 is 1.33 bits per heavy atom. The maximum absolute atomic E-state index is 12.1. The van der Waals surface area contributed by atoms with E-state index in [1.165, 1.54) is 0 Å². The van der Waals surface area contributed by atoms with Gasteiger partial charge in [0.15, 0.2) is 0 Å². The lowest BCUT2D eigenvalue weighted by molar-refractivity contribution is -0.122. The Morgan fingerprint density at radius 1 is 0.469 bits per heavy atom. The van der Waals surface area contributed by atoms with E-state index in [0.717, 1.165) is 63.5 Å². The normalized spacial score (nSPS) is 16.6. The number of rotatable bonds is 46. The van der Waals surface area contributed by atoms with E-state index in [1.54, 1.807) is 0 Å². The van der Waals surface area contributed by atoms with E-state index in [1.807, 2.05) is 11.8 Å². The Labute approximate surface area is 390 Å². The number of carbonyl (C=O) groups excluding carboxylic acids is 5. The van der Waals surface area contributed by atoms with Crippen LogP contribution in [0.1, 0.15) is 83.5 Å². The highest BCUT2D eigenvalue weighted by Gasteiger charge is 2.42. The van der Waals surface area contributed by atoms with Gasteiger partial charge in [0, 0.05) is 68.6 Å². The maximum Gasteiger partial charge on any atom is 0.315 e. The largest absolute Gasteiger partial charge is 0.379 e. The Morgan fingerprint density at radius 2 is 0.859 bits per heavy atom. The molecule has 19 nitrogen and oxygen atoms in total. The van der Waals surface area contributed by atoms with Gasteiger partial charge in [-0.1, -0.05) is 19.3 Å². The number of thioether (sulfide) groups is 1. The van der Waals surface area contributed by atoms with Crippen LogP contribution in [0.25, 0.3) is 0 Å². The molecule has 0 bridgehead atoms. The molecule has 0 aromatic carbocycles. The summed E-state index contributed by atoms with van der Waals surface area (Å²) in [7, 11) is 0. The van der Waals surface area contributed by atoms with Gasteiger partial charge < -0.3 is 69.8 Å². The number of unbranched alkanes of at least 4 members (excludes halogenated alkanes) is 5. The quantitative estimate of drug-likeness (QED) is 0.0262. The van der Waals surface area contributed by atoms with Gasteiger partial charge in [0.1, 0.15) is 0 Å². The number of hydrogen-bond acceptors (Lipinski definition) is 15. The van der Waals surface area contributed by atoms with Crippen molar-refractivity contribution in [3.05, 3.63) is 0 Å². The lowest BCUT2D eigenvalue weighted by Crippen LogP contribution is -2.36. The van der Waals surface area contributed by atoms with Gasteiger partial charge in [-0.15, -0.1) is 0 Å². The number of carbonyl (C=O) groups is 5. The van der Waals surface area contributed by atoms with Crippen molar-refractivity contribution in [1.29, 1.82) is 0 Å². The fraction of sp³-hybridized carbons (Fsp3) is 0.884. The number of urea groups is 1. The maximum atomic E-state index is 12.1. The van der Waals surface area contributed by atoms with Crippen LogP contribution in [0.15, 0.2) is 0 Å². The van der Waals surface area contributed by atoms with Crippen LogP contribution in [0.2, 0.25) is 0 Å². The van der Waals surface area contributed by atoms with Gasteiger partial charge in [-0.3, -0.25) is 19.2 Å². The average molecular weight is 953 g/mol. The van der Waals surface area contributed by atoms with Crippen LogP contribution in [0.3, 0.4) is 0 Å². The molecule has 2 fully saturated rings. The van der Waals surface area contributed by atoms with Gasteiger partial charge in [0.05, 0.1) is 118 Å². The molecule has 2 heterocycles. The molecule has 21 heteroatoms. The number of nitrogens with one attached hydrogen (secondary N) is 6. The van der Waals surface area contributed by atoms with E-state index in [0.29, 0.717) is 169 Å². The molecule has 6 N–H and O–H groups in total. The third-order valence-corrected chi connectivity index (χ3v) is 11.7. The van der Waals surface area contributed by atoms with Crippen molar-refractivity contribution in [1.82, 2.24) is 31.9 Å². The fourth-order valence-electron chi connectivity index (χ4n) is 6.52. The van der Waals surface area contributed by atoms with Crippen LogP contribution in [-0.4, -0.2) is 190 Å². The first-order valence-corrected chi connectivity index (χ1v) is 25.1. The molecule has 2 aliphatic heterocycles. The van der Waals surface area contributed by atoms with Crippen LogP contribution in [0.5, 0.6) is 0 Å². The molecule has 2 rings (SSSR count). The summed E-state index contributed by atoms with van der Waals surface area (Å²) in [5.41, 5.74) is 0. The minimum Gasteiger partial charge on any atom is -0.379 e. The van der Waals surface area contributed by atoms with E-state index in [9.17, 15) is 24.0 Å². The van der Waals surface area contributed by atoms with Gasteiger partial charge in [0.2, 0.25) is 23.6 Å². The van der Waals surface area contributed by atoms with Gasteiger partial charge in [0.25, 0.3) is 0 Å². The monoisotopic (exact) mass is 953 g/mol. The second-order valence-electron chi connectivity index (χ2n) is 15.3. The molecule has 372 valence electrons. The Bertz CT molecular complexity index is 1220. The first kappa shape index (κ1) is 57.7. The zero-order chi connectivity index (χ0) is 46.0. The van der Waals surface area contributed by atoms with Crippen molar-refractivity contribution < 1.29 is 61.9 Å². The molecule has 64 heavy (non-hydrogen) atoms. The standard InChI is InChI=1S/C43H80N6O13S2/c50-38(10-3-1-7-15-45-39(51)12-6-5-9-37-42-36(35-64-37)48-43(54)49-42)44-14-8-2-4-11-40(52)46-16-19-56-21-23-58-25-27-60-29-31-62-33-32-61-30-28-59-26-24-57-22-20-55-18-13-41(53)47-17-34-63/h36-37,42,63H,1-35H2,(H,44,50)(H,45,51)(H,46,52)(H,47,53)(H2,48,49,54). The minimum absolute atomic E-state index is 0.00651. The fourth-order valence-corrected chi connectivity index (χ4v) is 8.18. The number of amides is 6. The molecule has 3 atom stereocenters. The molecule has 2 saturated heterocycles. The first-order valence-electron chi connectivity index (χ1n) is 23.4. The molecule has 0 aromatic rings. The highest BCUT2D eigenvalue weighted by molar-refractivity contribution is 8.00. The van der Waals surface area contributed by atoms with Crippen molar-refractivity contribution in [2.24, 2.45) is 0 Å². The molecule has 0 aliphatic carbocycles. The smallest absolute Gasteiger partial charge is 0.315 e. The Balaban J connectivity index is 1.18. The average Bonchev–Trinajstić information content (AvgIpc) is 3.85. The van der Waals surface area contributed by atoms with E-state index in [4.69, 9.17) is 37.9 Å². The zero-order valence-electron chi connectivity index (χ0n) is 38.1. The summed E-state index contributed by atoms with van der Waals surface area (Å²) in [5.74, 6) is 1.64. The van der Waals surface area contributed by atoms with Crippen LogP contribution >= 0.6 is 24.4 Å². The van der Waals surface area contributed by atoms with Gasteiger partial charge in [-0.2, -0.15) is 24.4 Å². The molecular weight excluding hydrogens is 873 g/mol. The van der Waals surface area contributed by atoms with E-state index in [2.05, 4.69) is 44.5 Å². The topological polar surface area (TPSA) is 231 Å². The molecule has 6 amide bonds. The van der Waals surface area contributed by atoms with Crippen LogP contribution in [0, 0.1) is 0 Å². The summed E-state index contributed by atoms with van der Waals surface area (Å²) < 4.78 is 43.7. The minimum atomic E-state index is -0.0657. The van der Waals surface area contributed by atoms with E-state index < -0.39 is 0 Å². The molecule has 2 aliphatic rings. The SMILES string of the molecule is O=C(CCCCCNC(=O)CCCCC1SCC2NC(=O)NC21)NCCCCCC(=O)NCCOCCOCCOCCOCCOCCOCCOCCOCCC(=O)NCCS. The third-order valence-electron chi connectivity index (χ3n) is 9.97. The third kappa shape index (κ3) is 33.9. The summed E-state index contributed by atoms with van der Waals surface area (Å²) in [6.45, 7) is 9.45. The lowest BCUT2D eigenvalue weighted by atomic mass is 10.0. The first-order chi connectivity index (χ1) is 31.4. The van der Waals surface area contributed by atoms with Gasteiger partial charge in [-0.05, 0) is 38.5 Å². The number of thiol groups is 1. The van der Waals surface area contributed by atoms with Crippen molar-refractivity contribution in [3.8, 4) is 0 Å². The van der Waals surface area contributed by atoms with Crippen molar-refractivity contribution in [3.63, 3.8) is 0 Å². The number of fused-ring (bicyclic) bond motifs is 1. The Hall–Kier alpha value is -2.47. The second-order valence-corrected chi connectivity index (χ2v) is 17.0. The van der Waals surface area contributed by atoms with E-state index in [-0.39, 0.29) is 41.7 Å². The van der Waals surface area contributed by atoms with Crippen molar-refractivity contribution in [2.75, 3.05) is 143 Å². The predicted octanol–water partition coefficient (Wildman–Crippen LogP) is 1.75. The van der Waals surface area contributed by atoms with Gasteiger partial charge >= 0.3 is 6.03 Å². The predicted molar refractivity (Wildman–Crippen MR) is 248 cm³/mol.